The minimum absolute atomic E-state index is 0.0757. The number of anilines is 1. The van der Waals surface area contributed by atoms with Gasteiger partial charge in [0.05, 0.1) is 24.0 Å². The van der Waals surface area contributed by atoms with Gasteiger partial charge >= 0.3 is 5.97 Å². The van der Waals surface area contributed by atoms with E-state index in [1.807, 2.05) is 13.8 Å². The summed E-state index contributed by atoms with van der Waals surface area (Å²) < 4.78 is 24.0. The van der Waals surface area contributed by atoms with Crippen molar-refractivity contribution in [3.63, 3.8) is 0 Å². The summed E-state index contributed by atoms with van der Waals surface area (Å²) in [5.74, 6) is -1.83. The quantitative estimate of drug-likeness (QED) is 0.790. The number of esters is 1. The highest BCUT2D eigenvalue weighted by atomic mass is 19.1. The van der Waals surface area contributed by atoms with Crippen LogP contribution in [0.15, 0.2) is 18.2 Å². The number of rotatable bonds is 5. The zero-order valence-electron chi connectivity index (χ0n) is 15.4. The topological polar surface area (TPSA) is 84.9 Å². The number of amides is 2. The van der Waals surface area contributed by atoms with Gasteiger partial charge in [0.2, 0.25) is 5.91 Å². The number of nitrogens with one attached hydrogen (secondary N) is 1. The molecule has 1 heterocycles. The first-order valence-electron chi connectivity index (χ1n) is 9.02. The maximum Gasteiger partial charge on any atom is 0.340 e. The molecular weight excluding hydrogens is 355 g/mol. The first kappa shape index (κ1) is 19.3. The maximum atomic E-state index is 13.6. The Kier molecular flexibility index (Phi) is 5.74. The fourth-order valence-corrected chi connectivity index (χ4v) is 3.05. The van der Waals surface area contributed by atoms with Crippen molar-refractivity contribution < 1.29 is 28.2 Å². The van der Waals surface area contributed by atoms with Crippen molar-refractivity contribution in [2.75, 3.05) is 31.6 Å². The van der Waals surface area contributed by atoms with Crippen molar-refractivity contribution in [1.29, 1.82) is 0 Å². The molecule has 0 bridgehead atoms. The molecule has 0 spiro atoms. The number of benzene rings is 1. The lowest BCUT2D eigenvalue weighted by atomic mass is 10.1. The van der Waals surface area contributed by atoms with Crippen LogP contribution in [0.4, 0.5) is 10.1 Å². The molecular formula is C19H23FN2O5. The molecule has 1 N–H and O–H groups in total. The Morgan fingerprint density at radius 2 is 2.07 bits per heavy atom. The third kappa shape index (κ3) is 4.82. The van der Waals surface area contributed by atoms with Gasteiger partial charge in [-0.2, -0.15) is 0 Å². The van der Waals surface area contributed by atoms with Gasteiger partial charge in [0.25, 0.3) is 5.91 Å². The van der Waals surface area contributed by atoms with E-state index in [2.05, 4.69) is 5.32 Å². The molecule has 0 radical (unpaired) electrons. The van der Waals surface area contributed by atoms with Crippen LogP contribution in [0.2, 0.25) is 0 Å². The summed E-state index contributed by atoms with van der Waals surface area (Å²) in [5.41, 5.74) is 0.0674. The van der Waals surface area contributed by atoms with Crippen LogP contribution < -0.4 is 5.32 Å². The molecule has 8 heteroatoms. The van der Waals surface area contributed by atoms with Crippen LogP contribution in [0.3, 0.4) is 0 Å². The SMILES string of the molecule is CC1CN(C(=O)COC(=O)c2cc(F)ccc2NC(=O)C2CC2C)CCO1. The molecule has 1 saturated carbocycles. The summed E-state index contributed by atoms with van der Waals surface area (Å²) in [6, 6.07) is 3.47. The summed E-state index contributed by atoms with van der Waals surface area (Å²) in [6.07, 6.45) is 0.715. The van der Waals surface area contributed by atoms with Gasteiger partial charge in [-0.05, 0) is 37.5 Å². The number of halogens is 1. The van der Waals surface area contributed by atoms with Gasteiger partial charge in [0.15, 0.2) is 6.61 Å². The zero-order chi connectivity index (χ0) is 19.6. The predicted molar refractivity (Wildman–Crippen MR) is 94.6 cm³/mol. The molecule has 2 aliphatic rings. The van der Waals surface area contributed by atoms with E-state index in [0.29, 0.717) is 25.6 Å². The van der Waals surface area contributed by atoms with Gasteiger partial charge in [0.1, 0.15) is 5.82 Å². The second-order valence-electron chi connectivity index (χ2n) is 7.10. The first-order chi connectivity index (χ1) is 12.8. The Labute approximate surface area is 156 Å². The Morgan fingerprint density at radius 3 is 2.74 bits per heavy atom. The molecule has 3 rings (SSSR count). The molecule has 146 valence electrons. The van der Waals surface area contributed by atoms with Crippen molar-refractivity contribution in [2.45, 2.75) is 26.4 Å². The van der Waals surface area contributed by atoms with Crippen molar-refractivity contribution in [2.24, 2.45) is 11.8 Å². The van der Waals surface area contributed by atoms with Crippen LogP contribution in [0.25, 0.3) is 0 Å². The van der Waals surface area contributed by atoms with E-state index in [0.717, 1.165) is 18.6 Å². The molecule has 2 fully saturated rings. The number of carbonyl (C=O) groups is 3. The standard InChI is InChI=1S/C19H23FN2O5/c1-11-7-14(11)18(24)21-16-4-3-13(20)8-15(16)19(25)27-10-17(23)22-5-6-26-12(2)9-22/h3-4,8,11-12,14H,5-7,9-10H2,1-2H3,(H,21,24). The van der Waals surface area contributed by atoms with Gasteiger partial charge in [-0.1, -0.05) is 6.92 Å². The van der Waals surface area contributed by atoms with Gasteiger partial charge in [-0.15, -0.1) is 0 Å². The molecule has 1 aromatic carbocycles. The van der Waals surface area contributed by atoms with Crippen molar-refractivity contribution in [1.82, 2.24) is 4.90 Å². The lowest BCUT2D eigenvalue weighted by molar-refractivity contribution is -0.141. The van der Waals surface area contributed by atoms with Gasteiger partial charge < -0.3 is 19.7 Å². The Bertz CT molecular complexity index is 754. The molecule has 27 heavy (non-hydrogen) atoms. The van der Waals surface area contributed by atoms with Crippen LogP contribution in [0.5, 0.6) is 0 Å². The molecule has 1 aromatic rings. The van der Waals surface area contributed by atoms with E-state index >= 15 is 0 Å². The van der Waals surface area contributed by atoms with E-state index in [4.69, 9.17) is 9.47 Å². The van der Waals surface area contributed by atoms with Gasteiger partial charge in [-0.3, -0.25) is 9.59 Å². The Morgan fingerprint density at radius 1 is 1.33 bits per heavy atom. The molecule has 1 aliphatic heterocycles. The van der Waals surface area contributed by atoms with Crippen LogP contribution in [0, 0.1) is 17.7 Å². The third-order valence-electron chi connectivity index (χ3n) is 4.83. The van der Waals surface area contributed by atoms with Crippen molar-refractivity contribution in [3.05, 3.63) is 29.6 Å². The fourth-order valence-electron chi connectivity index (χ4n) is 3.05. The summed E-state index contributed by atoms with van der Waals surface area (Å²) in [4.78, 5) is 38.2. The largest absolute Gasteiger partial charge is 0.452 e. The van der Waals surface area contributed by atoms with E-state index in [1.165, 1.54) is 6.07 Å². The highest BCUT2D eigenvalue weighted by Gasteiger charge is 2.39. The van der Waals surface area contributed by atoms with E-state index < -0.39 is 18.4 Å². The van der Waals surface area contributed by atoms with Crippen LogP contribution in [-0.2, 0) is 19.1 Å². The molecule has 1 aliphatic carbocycles. The van der Waals surface area contributed by atoms with Crippen LogP contribution in [-0.4, -0.2) is 55.1 Å². The molecule has 7 nitrogen and oxygen atoms in total. The van der Waals surface area contributed by atoms with Gasteiger partial charge in [-0.25, -0.2) is 9.18 Å². The summed E-state index contributed by atoms with van der Waals surface area (Å²) in [6.45, 7) is 4.66. The van der Waals surface area contributed by atoms with Crippen molar-refractivity contribution >= 4 is 23.5 Å². The number of nitrogens with zero attached hydrogens (tertiary/aromatic N) is 1. The molecule has 1 saturated heterocycles. The van der Waals surface area contributed by atoms with E-state index in [1.54, 1.807) is 4.90 Å². The number of carbonyl (C=O) groups excluding carboxylic acids is 3. The third-order valence-corrected chi connectivity index (χ3v) is 4.83. The highest BCUT2D eigenvalue weighted by molar-refractivity contribution is 6.03. The summed E-state index contributed by atoms with van der Waals surface area (Å²) in [7, 11) is 0. The molecule has 2 amide bonds. The van der Waals surface area contributed by atoms with E-state index in [-0.39, 0.29) is 35.1 Å². The monoisotopic (exact) mass is 378 g/mol. The number of morpholine rings is 1. The minimum atomic E-state index is -0.858. The minimum Gasteiger partial charge on any atom is -0.452 e. The van der Waals surface area contributed by atoms with Crippen LogP contribution >= 0.6 is 0 Å². The van der Waals surface area contributed by atoms with Crippen LogP contribution in [0.1, 0.15) is 30.6 Å². The summed E-state index contributed by atoms with van der Waals surface area (Å²) in [5, 5.41) is 2.65. The average Bonchev–Trinajstić information content (AvgIpc) is 3.37. The predicted octanol–water partition coefficient (Wildman–Crippen LogP) is 1.82. The Balaban J connectivity index is 1.62. The number of ether oxygens (including phenoxy) is 2. The summed E-state index contributed by atoms with van der Waals surface area (Å²) >= 11 is 0. The average molecular weight is 378 g/mol. The normalized spacial score (nSPS) is 24.3. The fraction of sp³-hybridized carbons (Fsp3) is 0.526. The second-order valence-corrected chi connectivity index (χ2v) is 7.10. The highest BCUT2D eigenvalue weighted by Crippen LogP contribution is 2.38. The first-order valence-corrected chi connectivity index (χ1v) is 9.02. The molecule has 3 unspecified atom stereocenters. The maximum absolute atomic E-state index is 13.6. The second kappa shape index (κ2) is 8.04. The molecule has 0 aromatic heterocycles. The number of hydrogen-bond acceptors (Lipinski definition) is 5. The number of hydrogen-bond donors (Lipinski definition) is 1. The lowest BCUT2D eigenvalue weighted by Crippen LogP contribution is -2.46. The Hall–Kier alpha value is -2.48. The molecule has 3 atom stereocenters. The van der Waals surface area contributed by atoms with E-state index in [9.17, 15) is 18.8 Å². The zero-order valence-corrected chi connectivity index (χ0v) is 15.4. The van der Waals surface area contributed by atoms with Crippen molar-refractivity contribution in [3.8, 4) is 0 Å². The smallest absolute Gasteiger partial charge is 0.340 e. The van der Waals surface area contributed by atoms with Gasteiger partial charge in [0, 0.05) is 19.0 Å². The lowest BCUT2D eigenvalue weighted by Gasteiger charge is -2.30.